The third-order valence-corrected chi connectivity index (χ3v) is 6.47. The van der Waals surface area contributed by atoms with Crippen LogP contribution in [0.25, 0.3) is 32.7 Å². The van der Waals surface area contributed by atoms with Gasteiger partial charge < -0.3 is 4.74 Å². The van der Waals surface area contributed by atoms with E-state index in [2.05, 4.69) is 48.0 Å². The number of ether oxygens (including phenoxy) is 1. The van der Waals surface area contributed by atoms with E-state index < -0.39 is 11.0 Å². The van der Waals surface area contributed by atoms with Crippen molar-refractivity contribution >= 4 is 32.5 Å². The molecule has 4 aromatic rings. The van der Waals surface area contributed by atoms with E-state index in [-0.39, 0.29) is 6.04 Å². The topological polar surface area (TPSA) is 38.3 Å². The summed E-state index contributed by atoms with van der Waals surface area (Å²) < 4.78 is 22.2. The lowest BCUT2D eigenvalue weighted by Crippen LogP contribution is -2.25. The third kappa shape index (κ3) is 3.66. The zero-order valence-corrected chi connectivity index (χ0v) is 18.0. The van der Waals surface area contributed by atoms with Crippen LogP contribution in [0.1, 0.15) is 19.4 Å². The second-order valence-electron chi connectivity index (χ2n) is 7.57. The molecule has 0 saturated heterocycles. The fourth-order valence-corrected chi connectivity index (χ4v) is 4.94. The lowest BCUT2D eigenvalue weighted by Gasteiger charge is -2.19. The van der Waals surface area contributed by atoms with Crippen molar-refractivity contribution in [3.63, 3.8) is 0 Å². The minimum Gasteiger partial charge on any atom is -0.496 e. The highest BCUT2D eigenvalue weighted by Crippen LogP contribution is 2.43. The van der Waals surface area contributed by atoms with Crippen LogP contribution < -0.4 is 9.46 Å². The van der Waals surface area contributed by atoms with E-state index in [4.69, 9.17) is 4.74 Å². The highest BCUT2D eigenvalue weighted by molar-refractivity contribution is 7.83. The molecule has 0 aliphatic rings. The molecule has 29 heavy (non-hydrogen) atoms. The van der Waals surface area contributed by atoms with Gasteiger partial charge in [0.05, 0.1) is 12.0 Å². The number of methoxy groups -OCH3 is 1. The maximum absolute atomic E-state index is 13.2. The minimum absolute atomic E-state index is 0.104. The SMILES string of the molecule is COc1ccc2cc(C)ccc2c1-c1c(S(=O)NC(C)C)ccc2ccccc12. The summed E-state index contributed by atoms with van der Waals surface area (Å²) in [5.74, 6) is 0.778. The average molecular weight is 404 g/mol. The molecule has 0 radical (unpaired) electrons. The Hall–Kier alpha value is -2.69. The number of fused-ring (bicyclic) bond motifs is 2. The molecule has 4 rings (SSSR count). The number of aryl methyl sites for hydroxylation is 1. The van der Waals surface area contributed by atoms with E-state index in [0.29, 0.717) is 0 Å². The number of hydrogen-bond acceptors (Lipinski definition) is 2. The van der Waals surface area contributed by atoms with E-state index >= 15 is 0 Å². The van der Waals surface area contributed by atoms with Crippen LogP contribution in [0.4, 0.5) is 0 Å². The first-order valence-electron chi connectivity index (χ1n) is 9.77. The van der Waals surface area contributed by atoms with Crippen molar-refractivity contribution in [2.75, 3.05) is 7.11 Å². The summed E-state index contributed by atoms with van der Waals surface area (Å²) in [7, 11) is 0.343. The van der Waals surface area contributed by atoms with Crippen molar-refractivity contribution in [3.8, 4) is 16.9 Å². The van der Waals surface area contributed by atoms with Gasteiger partial charge in [-0.25, -0.2) is 8.93 Å². The Kier molecular flexibility index (Phi) is 5.39. The Morgan fingerprint density at radius 1 is 0.862 bits per heavy atom. The molecule has 4 aromatic carbocycles. The first-order valence-corrected chi connectivity index (χ1v) is 10.9. The molecule has 1 unspecified atom stereocenters. The maximum Gasteiger partial charge on any atom is 0.127 e. The van der Waals surface area contributed by atoms with Crippen LogP contribution in [-0.4, -0.2) is 17.4 Å². The fourth-order valence-electron chi connectivity index (χ4n) is 3.80. The number of nitrogens with one attached hydrogen (secondary N) is 1. The maximum atomic E-state index is 13.2. The fraction of sp³-hybridized carbons (Fsp3) is 0.200. The Bertz CT molecular complexity index is 1230. The van der Waals surface area contributed by atoms with Gasteiger partial charge in [0.1, 0.15) is 16.7 Å². The lowest BCUT2D eigenvalue weighted by atomic mass is 9.92. The monoisotopic (exact) mass is 403 g/mol. The number of hydrogen-bond donors (Lipinski definition) is 1. The highest BCUT2D eigenvalue weighted by Gasteiger charge is 2.21. The molecule has 1 N–H and O–H groups in total. The Morgan fingerprint density at radius 3 is 2.34 bits per heavy atom. The summed E-state index contributed by atoms with van der Waals surface area (Å²) >= 11 is 0. The number of benzene rings is 4. The molecule has 3 nitrogen and oxygen atoms in total. The van der Waals surface area contributed by atoms with E-state index in [9.17, 15) is 4.21 Å². The van der Waals surface area contributed by atoms with Crippen LogP contribution >= 0.6 is 0 Å². The third-order valence-electron chi connectivity index (χ3n) is 5.04. The molecular weight excluding hydrogens is 378 g/mol. The molecule has 0 aliphatic heterocycles. The van der Waals surface area contributed by atoms with Crippen LogP contribution in [-0.2, 0) is 11.0 Å². The highest BCUT2D eigenvalue weighted by atomic mass is 32.2. The molecule has 4 heteroatoms. The van der Waals surface area contributed by atoms with Crippen molar-refractivity contribution in [2.45, 2.75) is 31.7 Å². The summed E-state index contributed by atoms with van der Waals surface area (Å²) in [6.45, 7) is 6.09. The normalized spacial score (nSPS) is 12.6. The zero-order chi connectivity index (χ0) is 20.5. The first kappa shape index (κ1) is 19.6. The van der Waals surface area contributed by atoms with E-state index in [1.807, 2.05) is 44.2 Å². The number of rotatable bonds is 5. The molecule has 148 valence electrons. The van der Waals surface area contributed by atoms with Crippen molar-refractivity contribution in [3.05, 3.63) is 72.3 Å². The summed E-state index contributed by atoms with van der Waals surface area (Å²) in [4.78, 5) is 0.767. The van der Waals surface area contributed by atoms with E-state index in [1.54, 1.807) is 7.11 Å². The average Bonchev–Trinajstić information content (AvgIpc) is 2.71. The molecule has 1 atom stereocenters. The van der Waals surface area contributed by atoms with Crippen molar-refractivity contribution in [1.82, 2.24) is 4.72 Å². The van der Waals surface area contributed by atoms with Gasteiger partial charge in [-0.1, -0.05) is 60.2 Å². The smallest absolute Gasteiger partial charge is 0.127 e. The molecule has 0 aromatic heterocycles. The van der Waals surface area contributed by atoms with Gasteiger partial charge in [0.2, 0.25) is 0 Å². The summed E-state index contributed by atoms with van der Waals surface area (Å²) in [6, 6.07) is 22.8. The largest absolute Gasteiger partial charge is 0.496 e. The Labute approximate surface area is 174 Å². The molecule has 0 fully saturated rings. The minimum atomic E-state index is -1.34. The quantitative estimate of drug-likeness (QED) is 0.444. The summed E-state index contributed by atoms with van der Waals surface area (Å²) in [5.41, 5.74) is 3.15. The molecule has 0 saturated carbocycles. The van der Waals surface area contributed by atoms with Crippen LogP contribution in [0.2, 0.25) is 0 Å². The van der Waals surface area contributed by atoms with Crippen LogP contribution in [0.15, 0.2) is 71.6 Å². The van der Waals surface area contributed by atoms with Crippen molar-refractivity contribution < 1.29 is 8.95 Å². The summed E-state index contributed by atoms with van der Waals surface area (Å²) in [6.07, 6.45) is 0. The van der Waals surface area contributed by atoms with Gasteiger partial charge in [-0.3, -0.25) is 0 Å². The summed E-state index contributed by atoms with van der Waals surface area (Å²) in [5, 5.41) is 4.41. The predicted octanol–water partition coefficient (Wildman–Crippen LogP) is 6.00. The van der Waals surface area contributed by atoms with Crippen LogP contribution in [0, 0.1) is 6.92 Å². The first-order chi connectivity index (χ1) is 14.0. The Balaban J connectivity index is 2.14. The van der Waals surface area contributed by atoms with Gasteiger partial charge in [0.25, 0.3) is 0 Å². The van der Waals surface area contributed by atoms with Crippen molar-refractivity contribution in [1.29, 1.82) is 0 Å². The zero-order valence-electron chi connectivity index (χ0n) is 17.2. The second-order valence-corrected chi connectivity index (χ2v) is 8.78. The van der Waals surface area contributed by atoms with Gasteiger partial charge in [-0.2, -0.15) is 0 Å². The second kappa shape index (κ2) is 7.97. The van der Waals surface area contributed by atoms with Crippen LogP contribution in [0.5, 0.6) is 5.75 Å². The van der Waals surface area contributed by atoms with Gasteiger partial charge >= 0.3 is 0 Å². The van der Waals surface area contributed by atoms with E-state index in [0.717, 1.165) is 43.3 Å². The lowest BCUT2D eigenvalue weighted by molar-refractivity contribution is 0.417. The molecular formula is C25H25NO2S. The Morgan fingerprint density at radius 2 is 1.59 bits per heavy atom. The standard InChI is InChI=1S/C25H25NO2S/c1-16(2)26-29(27)23-14-11-18-7-5-6-8-20(18)25(23)24-21-12-9-17(3)15-19(21)10-13-22(24)28-4/h5-16,26H,1-4H3. The van der Waals surface area contributed by atoms with Crippen LogP contribution in [0.3, 0.4) is 0 Å². The molecule has 0 amide bonds. The van der Waals surface area contributed by atoms with Crippen molar-refractivity contribution in [2.24, 2.45) is 0 Å². The van der Waals surface area contributed by atoms with Gasteiger partial charge in [-0.05, 0) is 54.4 Å². The molecule has 0 aliphatic carbocycles. The predicted molar refractivity (Wildman–Crippen MR) is 123 cm³/mol. The van der Waals surface area contributed by atoms with Gasteiger partial charge in [0, 0.05) is 17.2 Å². The van der Waals surface area contributed by atoms with E-state index in [1.165, 1.54) is 5.56 Å². The molecule has 0 bridgehead atoms. The molecule has 0 heterocycles. The van der Waals surface area contributed by atoms with Gasteiger partial charge in [-0.15, -0.1) is 0 Å². The van der Waals surface area contributed by atoms with Gasteiger partial charge in [0.15, 0.2) is 0 Å². The molecule has 0 spiro atoms.